The SMILES string of the molecule is CC(C)CC(NC(=O)CC(C)c1ccc(O)cc1O)C(=O)O. The molecule has 0 fully saturated rings. The van der Waals surface area contributed by atoms with Crippen LogP contribution in [-0.2, 0) is 9.59 Å². The van der Waals surface area contributed by atoms with E-state index in [1.807, 2.05) is 13.8 Å². The fourth-order valence-electron chi connectivity index (χ4n) is 2.28. The Hall–Kier alpha value is -2.24. The van der Waals surface area contributed by atoms with Crippen LogP contribution in [0.25, 0.3) is 0 Å². The zero-order valence-corrected chi connectivity index (χ0v) is 13.0. The summed E-state index contributed by atoms with van der Waals surface area (Å²) < 4.78 is 0. The molecule has 1 amide bonds. The number of phenols is 2. The predicted octanol–water partition coefficient (Wildman–Crippen LogP) is 2.21. The summed E-state index contributed by atoms with van der Waals surface area (Å²) in [6, 6.07) is 3.28. The lowest BCUT2D eigenvalue weighted by Gasteiger charge is -2.18. The van der Waals surface area contributed by atoms with Crippen LogP contribution in [0.3, 0.4) is 0 Å². The Morgan fingerprint density at radius 3 is 2.32 bits per heavy atom. The number of carboxylic acid groups (broad SMARTS) is 1. The third kappa shape index (κ3) is 5.27. The summed E-state index contributed by atoms with van der Waals surface area (Å²) >= 11 is 0. The minimum Gasteiger partial charge on any atom is -0.508 e. The van der Waals surface area contributed by atoms with Gasteiger partial charge in [0.15, 0.2) is 0 Å². The maximum absolute atomic E-state index is 12.0. The topological polar surface area (TPSA) is 107 Å². The van der Waals surface area contributed by atoms with E-state index in [4.69, 9.17) is 5.11 Å². The summed E-state index contributed by atoms with van der Waals surface area (Å²) in [5, 5.41) is 30.7. The average molecular weight is 309 g/mol. The van der Waals surface area contributed by atoms with E-state index >= 15 is 0 Å². The first kappa shape index (κ1) is 17.8. The molecule has 0 radical (unpaired) electrons. The van der Waals surface area contributed by atoms with E-state index in [1.165, 1.54) is 12.1 Å². The Bertz CT molecular complexity index is 541. The molecule has 0 saturated carbocycles. The van der Waals surface area contributed by atoms with Crippen molar-refractivity contribution in [3.8, 4) is 11.5 Å². The van der Waals surface area contributed by atoms with Crippen molar-refractivity contribution in [2.75, 3.05) is 0 Å². The Balaban J connectivity index is 2.68. The third-order valence-electron chi connectivity index (χ3n) is 3.38. The number of benzene rings is 1. The van der Waals surface area contributed by atoms with Crippen molar-refractivity contribution in [3.05, 3.63) is 23.8 Å². The van der Waals surface area contributed by atoms with Crippen molar-refractivity contribution < 1.29 is 24.9 Å². The van der Waals surface area contributed by atoms with Crippen molar-refractivity contribution in [1.82, 2.24) is 5.32 Å². The van der Waals surface area contributed by atoms with Crippen LogP contribution < -0.4 is 5.32 Å². The van der Waals surface area contributed by atoms with Gasteiger partial charge in [-0.05, 0) is 29.9 Å². The number of nitrogens with one attached hydrogen (secondary N) is 1. The lowest BCUT2D eigenvalue weighted by Crippen LogP contribution is -2.41. The summed E-state index contributed by atoms with van der Waals surface area (Å²) in [7, 11) is 0. The molecular weight excluding hydrogens is 286 g/mol. The standard InChI is InChI=1S/C16H23NO5/c1-9(2)6-13(16(21)22)17-15(20)7-10(3)12-5-4-11(18)8-14(12)19/h4-5,8-10,13,18-19H,6-7H2,1-3H3,(H,17,20)(H,21,22). The van der Waals surface area contributed by atoms with Gasteiger partial charge in [-0.2, -0.15) is 0 Å². The molecule has 6 nitrogen and oxygen atoms in total. The van der Waals surface area contributed by atoms with Crippen LogP contribution in [0.5, 0.6) is 11.5 Å². The van der Waals surface area contributed by atoms with E-state index in [0.717, 1.165) is 0 Å². The van der Waals surface area contributed by atoms with Crippen LogP contribution in [0.15, 0.2) is 18.2 Å². The minimum atomic E-state index is -1.05. The number of aliphatic carboxylic acids is 1. The van der Waals surface area contributed by atoms with Crippen LogP contribution >= 0.6 is 0 Å². The monoisotopic (exact) mass is 309 g/mol. The molecule has 2 unspecified atom stereocenters. The fourth-order valence-corrected chi connectivity index (χ4v) is 2.28. The molecule has 0 bridgehead atoms. The van der Waals surface area contributed by atoms with E-state index in [2.05, 4.69) is 5.32 Å². The molecule has 4 N–H and O–H groups in total. The maximum Gasteiger partial charge on any atom is 0.326 e. The minimum absolute atomic E-state index is 0.0548. The zero-order chi connectivity index (χ0) is 16.9. The van der Waals surface area contributed by atoms with Crippen LogP contribution in [0, 0.1) is 5.92 Å². The molecule has 2 atom stereocenters. The van der Waals surface area contributed by atoms with Crippen molar-refractivity contribution in [1.29, 1.82) is 0 Å². The van der Waals surface area contributed by atoms with Gasteiger partial charge in [0.2, 0.25) is 5.91 Å². The van der Waals surface area contributed by atoms with Crippen molar-refractivity contribution in [2.45, 2.75) is 45.6 Å². The molecule has 1 rings (SSSR count). The van der Waals surface area contributed by atoms with E-state index in [1.54, 1.807) is 13.0 Å². The number of aromatic hydroxyl groups is 2. The van der Waals surface area contributed by atoms with Gasteiger partial charge in [-0.1, -0.05) is 26.8 Å². The zero-order valence-electron chi connectivity index (χ0n) is 13.0. The van der Waals surface area contributed by atoms with Gasteiger partial charge >= 0.3 is 5.97 Å². The average Bonchev–Trinajstić information content (AvgIpc) is 2.36. The van der Waals surface area contributed by atoms with Gasteiger partial charge in [-0.25, -0.2) is 4.79 Å². The van der Waals surface area contributed by atoms with Gasteiger partial charge in [0.05, 0.1) is 0 Å². The number of hydrogen-bond acceptors (Lipinski definition) is 4. The molecule has 0 aromatic heterocycles. The second-order valence-electron chi connectivity index (χ2n) is 5.94. The Kier molecular flexibility index (Phi) is 6.22. The summed E-state index contributed by atoms with van der Waals surface area (Å²) in [5.74, 6) is -1.72. The van der Waals surface area contributed by atoms with Gasteiger partial charge in [0.1, 0.15) is 17.5 Å². The number of carboxylic acids is 1. The van der Waals surface area contributed by atoms with Crippen molar-refractivity contribution in [2.24, 2.45) is 5.92 Å². The predicted molar refractivity (Wildman–Crippen MR) is 81.8 cm³/mol. The lowest BCUT2D eigenvalue weighted by molar-refractivity contribution is -0.142. The fraction of sp³-hybridized carbons (Fsp3) is 0.500. The van der Waals surface area contributed by atoms with E-state index < -0.39 is 12.0 Å². The molecule has 0 aliphatic carbocycles. The summed E-state index contributed by atoms with van der Waals surface area (Å²) in [4.78, 5) is 23.1. The summed E-state index contributed by atoms with van der Waals surface area (Å²) in [6.07, 6.45) is 0.417. The smallest absolute Gasteiger partial charge is 0.326 e. The van der Waals surface area contributed by atoms with Gasteiger partial charge in [-0.3, -0.25) is 4.79 Å². The number of carbonyl (C=O) groups is 2. The van der Waals surface area contributed by atoms with Crippen LogP contribution in [0.1, 0.15) is 45.1 Å². The molecule has 0 saturated heterocycles. The largest absolute Gasteiger partial charge is 0.508 e. The second kappa shape index (κ2) is 7.68. The number of rotatable bonds is 7. The van der Waals surface area contributed by atoms with Gasteiger partial charge in [0, 0.05) is 12.5 Å². The molecule has 0 heterocycles. The van der Waals surface area contributed by atoms with Crippen LogP contribution in [0.4, 0.5) is 0 Å². The number of hydrogen-bond donors (Lipinski definition) is 4. The first-order valence-electron chi connectivity index (χ1n) is 7.24. The second-order valence-corrected chi connectivity index (χ2v) is 5.94. The number of carbonyl (C=O) groups excluding carboxylic acids is 1. The highest BCUT2D eigenvalue weighted by atomic mass is 16.4. The summed E-state index contributed by atoms with van der Waals surface area (Å²) in [6.45, 7) is 5.53. The third-order valence-corrected chi connectivity index (χ3v) is 3.38. The van der Waals surface area contributed by atoms with Gasteiger partial charge in [0.25, 0.3) is 0 Å². The number of phenolic OH excluding ortho intramolecular Hbond substituents is 2. The number of amides is 1. The first-order chi connectivity index (χ1) is 10.2. The highest BCUT2D eigenvalue weighted by molar-refractivity contribution is 5.84. The molecule has 0 aliphatic rings. The van der Waals surface area contributed by atoms with Crippen LogP contribution in [-0.4, -0.2) is 33.2 Å². The Morgan fingerprint density at radius 2 is 1.82 bits per heavy atom. The molecule has 22 heavy (non-hydrogen) atoms. The van der Waals surface area contributed by atoms with E-state index in [0.29, 0.717) is 12.0 Å². The Labute approximate surface area is 129 Å². The van der Waals surface area contributed by atoms with Crippen LogP contribution in [0.2, 0.25) is 0 Å². The van der Waals surface area contributed by atoms with Crippen molar-refractivity contribution >= 4 is 11.9 Å². The molecule has 6 heteroatoms. The highest BCUT2D eigenvalue weighted by Crippen LogP contribution is 2.30. The Morgan fingerprint density at radius 1 is 1.18 bits per heavy atom. The molecular formula is C16H23NO5. The molecule has 1 aromatic rings. The maximum atomic E-state index is 12.0. The van der Waals surface area contributed by atoms with E-state index in [9.17, 15) is 19.8 Å². The van der Waals surface area contributed by atoms with E-state index in [-0.39, 0.29) is 35.7 Å². The lowest BCUT2D eigenvalue weighted by atomic mass is 9.96. The van der Waals surface area contributed by atoms with Gasteiger partial charge < -0.3 is 20.6 Å². The normalized spacial score (nSPS) is 13.6. The van der Waals surface area contributed by atoms with Crippen molar-refractivity contribution in [3.63, 3.8) is 0 Å². The quantitative estimate of drug-likeness (QED) is 0.618. The first-order valence-corrected chi connectivity index (χ1v) is 7.24. The molecule has 0 spiro atoms. The molecule has 1 aromatic carbocycles. The summed E-state index contributed by atoms with van der Waals surface area (Å²) in [5.41, 5.74) is 0.531. The molecule has 0 aliphatic heterocycles. The van der Waals surface area contributed by atoms with Gasteiger partial charge in [-0.15, -0.1) is 0 Å². The highest BCUT2D eigenvalue weighted by Gasteiger charge is 2.23. The molecule has 122 valence electrons.